The molecule has 274 valence electrons. The van der Waals surface area contributed by atoms with E-state index in [1.54, 1.807) is 0 Å². The van der Waals surface area contributed by atoms with Crippen molar-refractivity contribution in [3.05, 3.63) is 199 Å². The van der Waals surface area contributed by atoms with Gasteiger partial charge < -0.3 is 18.5 Å². The lowest BCUT2D eigenvalue weighted by molar-refractivity contribution is 0.480. The number of rotatable bonds is 4. The Balaban J connectivity index is 1.20. The molecule has 0 aliphatic carbocycles. The maximum absolute atomic E-state index is 10.2. The summed E-state index contributed by atoms with van der Waals surface area (Å²) in [6.45, 7) is -2.07. The van der Waals surface area contributed by atoms with Crippen molar-refractivity contribution in [2.24, 2.45) is 0 Å². The molecule has 13 rings (SSSR count). The molecule has 2 aliphatic heterocycles. The van der Waals surface area contributed by atoms with E-state index in [0.29, 0.717) is 9.13 Å². The number of aromatic nitrogens is 2. The zero-order chi connectivity index (χ0) is 67.3. The first-order valence-corrected chi connectivity index (χ1v) is 17.5. The Hall–Kier alpha value is -7.76. The second-order valence-corrected chi connectivity index (χ2v) is 13.1. The molecule has 9 aromatic carbocycles. The number of nitrogens with zero attached hydrogens (tertiary/aromatic N) is 2. The van der Waals surface area contributed by atoms with Crippen LogP contribution in [-0.2, 0) is 0 Å². The lowest BCUT2D eigenvalue weighted by Gasteiger charge is -2.33. The molecule has 0 fully saturated rings. The van der Waals surface area contributed by atoms with Crippen LogP contribution in [0.25, 0.3) is 88.4 Å². The van der Waals surface area contributed by atoms with Crippen molar-refractivity contribution in [2.45, 2.75) is 0 Å². The van der Waals surface area contributed by atoms with Crippen molar-refractivity contribution in [1.29, 1.82) is 0 Å². The molecule has 4 heterocycles. The monoisotopic (exact) mass is 785 g/mol. The topological polar surface area (TPSA) is 28.3 Å². The van der Waals surface area contributed by atoms with Gasteiger partial charge in [-0.05, 0) is 77.1 Å². The minimum absolute atomic E-state index is 0.521. The maximum atomic E-state index is 10.2. The molecule has 0 saturated carbocycles. The molecule has 0 amide bonds. The molecule has 59 heavy (non-hydrogen) atoms. The van der Waals surface area contributed by atoms with E-state index in [-0.39, 0.29) is 0 Å². The third kappa shape index (κ3) is 4.67. The molecule has 0 saturated heterocycles. The fraction of sp³-hybridized carbons (Fsp3) is 0. The van der Waals surface area contributed by atoms with Gasteiger partial charge in [-0.25, -0.2) is 0 Å². The van der Waals surface area contributed by atoms with Crippen LogP contribution in [-0.4, -0.2) is 16.0 Å². The molecule has 11 aromatic rings. The molecule has 0 bridgehead atoms. The average Bonchev–Trinajstić information content (AvgIpc) is 1.28. The van der Waals surface area contributed by atoms with E-state index < -0.39 is 323 Å². The third-order valence-electron chi connectivity index (χ3n) is 10.0. The predicted molar refractivity (Wildman–Crippen MR) is 244 cm³/mol. The number of hydrogen-bond donors (Lipinski definition) is 0. The summed E-state index contributed by atoms with van der Waals surface area (Å²) in [6.07, 6.45) is 0. The van der Waals surface area contributed by atoms with Crippen LogP contribution in [0.4, 0.5) is 0 Å². The summed E-state index contributed by atoms with van der Waals surface area (Å²) in [5, 5.41) is -2.21. The molecule has 2 aliphatic rings. The molecular weight excluding hydrogens is 719 g/mol. The fourth-order valence-electron chi connectivity index (χ4n) is 7.61. The maximum Gasteiger partial charge on any atom is 0.434 e. The highest BCUT2D eigenvalue weighted by atomic mass is 16.5. The van der Waals surface area contributed by atoms with Crippen molar-refractivity contribution in [3.8, 4) is 62.0 Å². The SMILES string of the molecule is [2H]c1c([2H])c([2H])c2c(c1[2H])OB1c3c([2H])c([2H])c(-c4c([2H])c([2H])c([2H])c([2H])c4-n4c5c([2H])c([2H])c([2H])c([2H])c5c5c([2H])c([2H])c([2H])c([2H])c54)c([2H])c3Oc3c([2H])c(-c4c([2H])c([2H])c([2H])c([2H])c4-n4c5c([2H])c([2H])c([2H])c([2H])c5c5c([2H])c([2H])c([2H])c([2H])c54)c([2H])c-2c31. The van der Waals surface area contributed by atoms with Crippen LogP contribution >= 0.6 is 0 Å². The molecule has 0 N–H and O–H groups in total. The second-order valence-electron chi connectivity index (χ2n) is 13.1. The highest BCUT2D eigenvalue weighted by molar-refractivity contribution is 6.84. The van der Waals surface area contributed by atoms with Crippen molar-refractivity contribution >= 4 is 61.5 Å². The molecule has 0 unspecified atom stereocenters. The highest BCUT2D eigenvalue weighted by Gasteiger charge is 2.41. The number of para-hydroxylation sites is 7. The number of ether oxygens (including phenoxy) is 1. The molecular formula is C54H33BN2O2. The van der Waals surface area contributed by atoms with Gasteiger partial charge in [-0.15, -0.1) is 0 Å². The van der Waals surface area contributed by atoms with Crippen molar-refractivity contribution in [2.75, 3.05) is 0 Å². The van der Waals surface area contributed by atoms with E-state index >= 15 is 0 Å². The Bertz CT molecular complexity index is 5310. The van der Waals surface area contributed by atoms with E-state index in [4.69, 9.17) is 35.4 Å². The zero-order valence-electron chi connectivity index (χ0n) is 62.3. The normalized spacial score (nSPS) is 20.5. The van der Waals surface area contributed by atoms with Gasteiger partial charge in [-0.2, -0.15) is 0 Å². The Morgan fingerprint density at radius 2 is 0.831 bits per heavy atom. The molecule has 2 aromatic heterocycles. The quantitative estimate of drug-likeness (QED) is 0.166. The van der Waals surface area contributed by atoms with Crippen LogP contribution in [0, 0.1) is 0 Å². The first-order chi connectivity index (χ1) is 43.0. The summed E-state index contributed by atoms with van der Waals surface area (Å²) in [4.78, 5) is 0. The van der Waals surface area contributed by atoms with Crippen LogP contribution in [0.5, 0.6) is 17.2 Å². The van der Waals surface area contributed by atoms with Gasteiger partial charge in [0.25, 0.3) is 0 Å². The molecule has 0 atom stereocenters. The van der Waals surface area contributed by atoms with E-state index in [0.717, 1.165) is 0 Å². The Labute approximate surface area is 387 Å². The Morgan fingerprint density at radius 1 is 0.373 bits per heavy atom. The van der Waals surface area contributed by atoms with Gasteiger partial charge >= 0.3 is 6.92 Å². The van der Waals surface area contributed by atoms with Gasteiger partial charge in [0, 0.05) is 49.2 Å². The summed E-state index contributed by atoms with van der Waals surface area (Å²) in [5.41, 5.74) is -10.7. The van der Waals surface area contributed by atoms with E-state index in [1.165, 1.54) is 0 Å². The summed E-state index contributed by atoms with van der Waals surface area (Å²) < 4.78 is 317. The van der Waals surface area contributed by atoms with Gasteiger partial charge in [0.1, 0.15) is 17.2 Å². The highest BCUT2D eigenvalue weighted by Crippen LogP contribution is 2.44. The van der Waals surface area contributed by atoms with Gasteiger partial charge in [0.2, 0.25) is 0 Å². The summed E-state index contributed by atoms with van der Waals surface area (Å²) in [6, 6.07) is -32.1. The average molecular weight is 786 g/mol. The standard InChI is InChI=1S/C54H33BN2O2/c1-8-22-45(56-47-24-10-3-17-38(47)39-18-4-11-25-48(39)56)36(15-1)34-29-30-44-52(32-34)58-53-33-35(31-43-42-21-7-14-28-51(42)59-55(44)54(43)53)37-16-2-9-23-46(37)57-49-26-12-5-19-40(49)41-20-6-13-27-50(41)57/h1-33H/i1D,2D,3D,4D,5D,6D,7D,8D,9D,10D,11D,12D,13D,14D,15D,16D,17D,18D,19D,20D,21D,22D,23D,24D,25D,26D,27D,28D,29D,30D,31D,32D,33D. The smallest absolute Gasteiger partial charge is 0.434 e. The second kappa shape index (κ2) is 12.4. The lowest BCUT2D eigenvalue weighted by Crippen LogP contribution is -2.53. The van der Waals surface area contributed by atoms with E-state index in [1.807, 2.05) is 0 Å². The minimum atomic E-state index is -2.07. The lowest BCUT2D eigenvalue weighted by atomic mass is 9.50. The number of hydrogen-bond acceptors (Lipinski definition) is 2. The van der Waals surface area contributed by atoms with Gasteiger partial charge in [0.15, 0.2) is 0 Å². The third-order valence-corrected chi connectivity index (χ3v) is 10.0. The molecule has 5 heteroatoms. The molecule has 0 spiro atoms. The summed E-state index contributed by atoms with van der Waals surface area (Å²) in [7, 11) is 0. The van der Waals surface area contributed by atoms with Crippen molar-refractivity contribution in [3.63, 3.8) is 0 Å². The molecule has 0 radical (unpaired) electrons. The molecule has 4 nitrogen and oxygen atoms in total. The Kier molecular flexibility index (Phi) is 2.93. The number of fused-ring (bicyclic) bond motifs is 10. The van der Waals surface area contributed by atoms with Crippen LogP contribution in [0.3, 0.4) is 0 Å². The van der Waals surface area contributed by atoms with Gasteiger partial charge in [-0.1, -0.05) is 139 Å². The van der Waals surface area contributed by atoms with Crippen LogP contribution in [0.15, 0.2) is 199 Å². The van der Waals surface area contributed by atoms with Crippen LogP contribution in [0.2, 0.25) is 0 Å². The van der Waals surface area contributed by atoms with E-state index in [9.17, 15) is 19.2 Å². The number of benzene rings is 9. The first kappa shape index (κ1) is 14.0. The zero-order valence-corrected chi connectivity index (χ0v) is 29.3. The summed E-state index contributed by atoms with van der Waals surface area (Å²) in [5.74, 6) is -2.55. The van der Waals surface area contributed by atoms with Crippen molar-refractivity contribution < 1.29 is 54.6 Å². The predicted octanol–water partition coefficient (Wildman–Crippen LogP) is 12.5. The van der Waals surface area contributed by atoms with Crippen molar-refractivity contribution in [1.82, 2.24) is 9.13 Å². The van der Waals surface area contributed by atoms with E-state index in [2.05, 4.69) is 0 Å². The van der Waals surface area contributed by atoms with Crippen LogP contribution in [0.1, 0.15) is 45.2 Å². The van der Waals surface area contributed by atoms with Gasteiger partial charge in [0.05, 0.1) is 78.7 Å². The van der Waals surface area contributed by atoms with Crippen LogP contribution < -0.4 is 20.3 Å². The fourth-order valence-corrected chi connectivity index (χ4v) is 7.61. The largest absolute Gasteiger partial charge is 0.551 e. The first-order valence-electron chi connectivity index (χ1n) is 34.0. The summed E-state index contributed by atoms with van der Waals surface area (Å²) >= 11 is 0. The van der Waals surface area contributed by atoms with Gasteiger partial charge in [-0.3, -0.25) is 0 Å². The minimum Gasteiger partial charge on any atom is -0.551 e. The Morgan fingerprint density at radius 3 is 1.41 bits per heavy atom.